The van der Waals surface area contributed by atoms with Gasteiger partial charge in [0.15, 0.2) is 0 Å². The van der Waals surface area contributed by atoms with Gasteiger partial charge in [0.05, 0.1) is 23.9 Å². The van der Waals surface area contributed by atoms with E-state index >= 15 is 0 Å². The Morgan fingerprint density at radius 1 is 1.00 bits per heavy atom. The Morgan fingerprint density at radius 2 is 1.70 bits per heavy atom. The predicted molar refractivity (Wildman–Crippen MR) is 148 cm³/mol. The third-order valence-corrected chi connectivity index (χ3v) is 7.45. The average molecular weight is 544 g/mol. The standard InChI is InChI=1S/C30H33N5O5/c1-3-13-35-25-20-34(14-12-26(37)33-17-15-32(16-18-33)21(2)36)29(38)27(25)28(31-30(35)39)22-8-7-11-24(19-22)40-23-9-5-4-6-10-23/h3-11,19,28H,1,12-18,20H2,2H3,(H,31,39). The first-order chi connectivity index (χ1) is 19.4. The van der Waals surface area contributed by atoms with Crippen molar-refractivity contribution in [2.75, 3.05) is 45.8 Å². The van der Waals surface area contributed by atoms with Crippen molar-refractivity contribution >= 4 is 23.8 Å². The summed E-state index contributed by atoms with van der Waals surface area (Å²) < 4.78 is 5.99. The number of nitrogens with one attached hydrogen (secondary N) is 1. The lowest BCUT2D eigenvalue weighted by atomic mass is 9.95. The lowest BCUT2D eigenvalue weighted by Gasteiger charge is -2.34. The summed E-state index contributed by atoms with van der Waals surface area (Å²) in [5, 5.41) is 2.98. The van der Waals surface area contributed by atoms with E-state index in [9.17, 15) is 19.2 Å². The third kappa shape index (κ3) is 5.56. The second-order valence-corrected chi connectivity index (χ2v) is 9.99. The van der Waals surface area contributed by atoms with Crippen LogP contribution < -0.4 is 10.1 Å². The minimum absolute atomic E-state index is 0.00497. The Morgan fingerprint density at radius 3 is 2.40 bits per heavy atom. The van der Waals surface area contributed by atoms with Crippen LogP contribution in [-0.2, 0) is 14.4 Å². The van der Waals surface area contributed by atoms with E-state index in [1.165, 1.54) is 11.8 Å². The molecule has 0 spiro atoms. The molecule has 0 aromatic heterocycles. The Labute approximate surface area is 233 Å². The van der Waals surface area contributed by atoms with Crippen molar-refractivity contribution in [3.05, 3.63) is 84.1 Å². The van der Waals surface area contributed by atoms with Gasteiger partial charge in [-0.05, 0) is 29.8 Å². The highest BCUT2D eigenvalue weighted by Crippen LogP contribution is 2.37. The van der Waals surface area contributed by atoms with E-state index in [-0.39, 0.29) is 49.8 Å². The predicted octanol–water partition coefficient (Wildman–Crippen LogP) is 2.91. The van der Waals surface area contributed by atoms with Crippen LogP contribution in [0.3, 0.4) is 0 Å². The summed E-state index contributed by atoms with van der Waals surface area (Å²) in [6.07, 6.45) is 1.79. The van der Waals surface area contributed by atoms with Crippen LogP contribution in [0.2, 0.25) is 0 Å². The number of amides is 5. The smallest absolute Gasteiger partial charge is 0.322 e. The molecule has 1 atom stereocenters. The summed E-state index contributed by atoms with van der Waals surface area (Å²) in [7, 11) is 0. The van der Waals surface area contributed by atoms with E-state index in [0.717, 1.165) is 5.56 Å². The van der Waals surface area contributed by atoms with Crippen molar-refractivity contribution < 1.29 is 23.9 Å². The van der Waals surface area contributed by atoms with Gasteiger partial charge in [0.1, 0.15) is 11.5 Å². The zero-order valence-electron chi connectivity index (χ0n) is 22.5. The normalized spacial score (nSPS) is 19.0. The molecule has 0 aliphatic carbocycles. The third-order valence-electron chi connectivity index (χ3n) is 7.45. The van der Waals surface area contributed by atoms with Crippen LogP contribution in [0.5, 0.6) is 11.5 Å². The van der Waals surface area contributed by atoms with Crippen LogP contribution in [0.4, 0.5) is 4.79 Å². The van der Waals surface area contributed by atoms with Crippen molar-refractivity contribution in [1.82, 2.24) is 24.9 Å². The van der Waals surface area contributed by atoms with E-state index in [1.807, 2.05) is 54.6 Å². The Kier molecular flexibility index (Phi) is 7.86. The summed E-state index contributed by atoms with van der Waals surface area (Å²) >= 11 is 0. The van der Waals surface area contributed by atoms with Crippen molar-refractivity contribution in [2.45, 2.75) is 19.4 Å². The zero-order chi connectivity index (χ0) is 28.2. The molecule has 0 radical (unpaired) electrons. The lowest BCUT2D eigenvalue weighted by molar-refractivity contribution is -0.139. The number of rotatable bonds is 8. The molecule has 1 saturated heterocycles. The second-order valence-electron chi connectivity index (χ2n) is 9.99. The van der Waals surface area contributed by atoms with E-state index in [2.05, 4.69) is 11.9 Å². The van der Waals surface area contributed by atoms with Crippen LogP contribution in [0.15, 0.2) is 78.5 Å². The first kappa shape index (κ1) is 27.0. The highest BCUT2D eigenvalue weighted by atomic mass is 16.5. The zero-order valence-corrected chi connectivity index (χ0v) is 22.5. The number of ether oxygens (including phenoxy) is 1. The molecule has 5 rings (SSSR count). The lowest BCUT2D eigenvalue weighted by Crippen LogP contribution is -2.50. The molecule has 10 heteroatoms. The molecular formula is C30H33N5O5. The number of nitrogens with zero attached hydrogens (tertiary/aromatic N) is 4. The number of hydrogen-bond donors (Lipinski definition) is 1. The molecule has 1 N–H and O–H groups in total. The Hall–Kier alpha value is -4.60. The summed E-state index contributed by atoms with van der Waals surface area (Å²) in [5.74, 6) is 1.01. The largest absolute Gasteiger partial charge is 0.457 e. The molecule has 10 nitrogen and oxygen atoms in total. The van der Waals surface area contributed by atoms with Gasteiger partial charge in [0.25, 0.3) is 5.91 Å². The van der Waals surface area contributed by atoms with E-state index in [0.29, 0.717) is 48.9 Å². The molecule has 0 bridgehead atoms. The molecule has 3 aliphatic heterocycles. The topological polar surface area (TPSA) is 102 Å². The van der Waals surface area contributed by atoms with Gasteiger partial charge in [-0.15, -0.1) is 6.58 Å². The molecule has 40 heavy (non-hydrogen) atoms. The second kappa shape index (κ2) is 11.6. The maximum absolute atomic E-state index is 13.7. The highest BCUT2D eigenvalue weighted by molar-refractivity contribution is 6.01. The van der Waals surface area contributed by atoms with Crippen molar-refractivity contribution in [2.24, 2.45) is 0 Å². The number of para-hydroxylation sites is 1. The van der Waals surface area contributed by atoms with Crippen LogP contribution in [0.25, 0.3) is 0 Å². The van der Waals surface area contributed by atoms with Crippen LogP contribution in [-0.4, -0.2) is 89.2 Å². The van der Waals surface area contributed by atoms with Gasteiger partial charge in [-0.25, -0.2) is 4.79 Å². The van der Waals surface area contributed by atoms with E-state index < -0.39 is 6.04 Å². The minimum Gasteiger partial charge on any atom is -0.457 e. The molecule has 3 aliphatic rings. The molecule has 3 heterocycles. The maximum atomic E-state index is 13.7. The van der Waals surface area contributed by atoms with Crippen LogP contribution in [0, 0.1) is 0 Å². The molecule has 1 fully saturated rings. The highest BCUT2D eigenvalue weighted by Gasteiger charge is 2.43. The number of carbonyl (C=O) groups excluding carboxylic acids is 4. The van der Waals surface area contributed by atoms with Crippen LogP contribution in [0.1, 0.15) is 24.9 Å². The Bertz CT molecular complexity index is 1350. The number of hydrogen-bond acceptors (Lipinski definition) is 5. The number of carbonyl (C=O) groups is 4. The number of benzene rings is 2. The minimum atomic E-state index is -0.657. The fourth-order valence-corrected chi connectivity index (χ4v) is 5.34. The molecule has 1 unspecified atom stereocenters. The van der Waals surface area contributed by atoms with Gasteiger partial charge in [0.2, 0.25) is 11.8 Å². The fraction of sp³-hybridized carbons (Fsp3) is 0.333. The first-order valence-corrected chi connectivity index (χ1v) is 13.4. The van der Waals surface area contributed by atoms with Gasteiger partial charge in [-0.2, -0.15) is 0 Å². The van der Waals surface area contributed by atoms with E-state index in [1.54, 1.807) is 20.8 Å². The average Bonchev–Trinajstić information content (AvgIpc) is 3.29. The molecular weight excluding hydrogens is 510 g/mol. The fourth-order valence-electron chi connectivity index (χ4n) is 5.34. The van der Waals surface area contributed by atoms with Gasteiger partial charge in [0, 0.05) is 52.6 Å². The maximum Gasteiger partial charge on any atom is 0.322 e. The first-order valence-electron chi connectivity index (χ1n) is 13.4. The molecule has 2 aromatic carbocycles. The number of piperazine rings is 1. The Balaban J connectivity index is 1.32. The van der Waals surface area contributed by atoms with E-state index in [4.69, 9.17) is 4.74 Å². The van der Waals surface area contributed by atoms with Crippen LogP contribution >= 0.6 is 0 Å². The van der Waals surface area contributed by atoms with Crippen molar-refractivity contribution in [1.29, 1.82) is 0 Å². The SMILES string of the molecule is C=CCN1C(=O)NC(c2cccc(Oc3ccccc3)c2)C2=C1CN(CCC(=O)N1CCN(C(C)=O)CC1)C2=O. The van der Waals surface area contributed by atoms with Crippen molar-refractivity contribution in [3.8, 4) is 11.5 Å². The monoisotopic (exact) mass is 543 g/mol. The summed E-state index contributed by atoms with van der Waals surface area (Å²) in [5.41, 5.74) is 1.83. The summed E-state index contributed by atoms with van der Waals surface area (Å²) in [6.45, 7) is 8.01. The van der Waals surface area contributed by atoms with Crippen molar-refractivity contribution in [3.63, 3.8) is 0 Å². The molecule has 208 valence electrons. The van der Waals surface area contributed by atoms with Gasteiger partial charge >= 0.3 is 6.03 Å². The summed E-state index contributed by atoms with van der Waals surface area (Å²) in [6, 6.07) is 15.7. The molecule has 5 amide bonds. The number of urea groups is 1. The molecule has 0 saturated carbocycles. The van der Waals surface area contributed by atoms with Gasteiger partial charge in [-0.1, -0.05) is 36.4 Å². The molecule has 2 aromatic rings. The quantitative estimate of drug-likeness (QED) is 0.516. The van der Waals surface area contributed by atoms with Gasteiger partial charge in [-0.3, -0.25) is 19.3 Å². The summed E-state index contributed by atoms with van der Waals surface area (Å²) in [4.78, 5) is 58.0. The van der Waals surface area contributed by atoms with Gasteiger partial charge < -0.3 is 24.8 Å².